The van der Waals surface area contributed by atoms with Gasteiger partial charge in [-0.3, -0.25) is 0 Å². The molecule has 0 saturated heterocycles. The Morgan fingerprint density at radius 3 is 2.85 bits per heavy atom. The SMILES string of the molecule is Nc1nc(C2C=CC=C[IH]2)n(N)n1. The molecule has 0 bridgehead atoms. The number of halogens is 1. The van der Waals surface area contributed by atoms with Crippen LogP contribution in [0.1, 0.15) is 9.75 Å². The van der Waals surface area contributed by atoms with Gasteiger partial charge in [0.05, 0.1) is 0 Å². The summed E-state index contributed by atoms with van der Waals surface area (Å²) in [6, 6.07) is 0. The van der Waals surface area contributed by atoms with Crippen LogP contribution >= 0.6 is 21.2 Å². The Bertz CT molecular complexity index is 367. The molecule has 2 rings (SSSR count). The molecule has 0 saturated carbocycles. The molecule has 70 valence electrons. The second-order valence-corrected chi connectivity index (χ2v) is 5.55. The predicted octanol–water partition coefficient (Wildman–Crippen LogP) is 0.402. The Morgan fingerprint density at radius 2 is 2.31 bits per heavy atom. The minimum atomic E-state index is -0.233. The molecule has 0 radical (unpaired) electrons. The molecule has 0 spiro atoms. The van der Waals surface area contributed by atoms with Crippen LogP contribution in [0.4, 0.5) is 5.95 Å². The molecule has 1 unspecified atom stereocenters. The van der Waals surface area contributed by atoms with Crippen molar-refractivity contribution in [3.8, 4) is 0 Å². The molecule has 6 heteroatoms. The van der Waals surface area contributed by atoms with Gasteiger partial charge in [-0.2, -0.15) is 0 Å². The molecule has 0 aliphatic carbocycles. The third-order valence-corrected chi connectivity index (χ3v) is 4.41. The van der Waals surface area contributed by atoms with Gasteiger partial charge >= 0.3 is 85.7 Å². The zero-order valence-corrected chi connectivity index (χ0v) is 9.12. The molecule has 4 N–H and O–H groups in total. The first-order chi connectivity index (χ1) is 6.27. The number of hydrogen-bond donors (Lipinski definition) is 2. The topological polar surface area (TPSA) is 82.8 Å². The molecule has 2 heterocycles. The molecule has 1 aliphatic rings. The van der Waals surface area contributed by atoms with Crippen molar-refractivity contribution in [3.63, 3.8) is 0 Å². The number of nitrogen functional groups attached to an aromatic ring is 2. The molecular formula is C7H10IN5. The van der Waals surface area contributed by atoms with Gasteiger partial charge in [0, 0.05) is 0 Å². The first kappa shape index (κ1) is 8.54. The molecule has 13 heavy (non-hydrogen) atoms. The third kappa shape index (κ3) is 1.67. The van der Waals surface area contributed by atoms with Crippen LogP contribution in [0, 0.1) is 0 Å². The summed E-state index contributed by atoms with van der Waals surface area (Å²) in [5.74, 6) is 6.61. The van der Waals surface area contributed by atoms with Crippen LogP contribution in [0.3, 0.4) is 0 Å². The van der Waals surface area contributed by atoms with Gasteiger partial charge in [-0.05, 0) is 0 Å². The Balaban J connectivity index is 2.30. The average molecular weight is 291 g/mol. The van der Waals surface area contributed by atoms with E-state index in [2.05, 4.69) is 26.3 Å². The second-order valence-electron chi connectivity index (χ2n) is 2.54. The van der Waals surface area contributed by atoms with Crippen LogP contribution in [0.25, 0.3) is 0 Å². The van der Waals surface area contributed by atoms with Crippen LogP contribution in [0.5, 0.6) is 0 Å². The van der Waals surface area contributed by atoms with Crippen molar-refractivity contribution >= 4 is 27.2 Å². The molecule has 1 aliphatic heterocycles. The standard InChI is InChI=1S/C7H10IN5/c9-7-11-6(13(10)12-7)5-3-1-2-4-8-5/h1-5,8H,10H2,(H2,9,12). The fraction of sp³-hybridized carbons (Fsp3) is 0.143. The van der Waals surface area contributed by atoms with Gasteiger partial charge < -0.3 is 0 Å². The van der Waals surface area contributed by atoms with E-state index in [9.17, 15) is 0 Å². The normalized spacial score (nSPS) is 21.4. The van der Waals surface area contributed by atoms with Gasteiger partial charge in [-0.25, -0.2) is 0 Å². The van der Waals surface area contributed by atoms with Crippen LogP contribution in [-0.4, -0.2) is 14.9 Å². The molecular weight excluding hydrogens is 281 g/mol. The molecule has 0 aromatic carbocycles. The molecule has 0 fully saturated rings. The summed E-state index contributed by atoms with van der Waals surface area (Å²) in [4.78, 5) is 5.36. The Labute approximate surface area is 85.7 Å². The predicted molar refractivity (Wildman–Crippen MR) is 61.0 cm³/mol. The van der Waals surface area contributed by atoms with Crippen LogP contribution < -0.4 is 11.6 Å². The van der Waals surface area contributed by atoms with E-state index in [1.807, 2.05) is 6.08 Å². The Morgan fingerprint density at radius 1 is 1.46 bits per heavy atom. The van der Waals surface area contributed by atoms with E-state index in [0.717, 1.165) is 5.82 Å². The molecule has 1 atom stereocenters. The Hall–Kier alpha value is -1.05. The summed E-state index contributed by atoms with van der Waals surface area (Å²) in [5, 5.41) is 3.81. The summed E-state index contributed by atoms with van der Waals surface area (Å²) in [7, 11) is 0. The molecule has 1 aromatic rings. The zero-order valence-electron chi connectivity index (χ0n) is 6.79. The van der Waals surface area contributed by atoms with E-state index >= 15 is 0 Å². The van der Waals surface area contributed by atoms with Crippen molar-refractivity contribution in [3.05, 3.63) is 28.1 Å². The summed E-state index contributed by atoms with van der Waals surface area (Å²) < 4.78 is 2.52. The summed E-state index contributed by atoms with van der Waals surface area (Å²) in [6.45, 7) is 0. The van der Waals surface area contributed by atoms with Gasteiger partial charge in [0.2, 0.25) is 0 Å². The number of nitrogens with zero attached hydrogens (tertiary/aromatic N) is 3. The van der Waals surface area contributed by atoms with Crippen molar-refractivity contribution in [2.75, 3.05) is 11.6 Å². The van der Waals surface area contributed by atoms with Crippen molar-refractivity contribution in [1.29, 1.82) is 0 Å². The molecule has 5 nitrogen and oxygen atoms in total. The first-order valence-electron chi connectivity index (χ1n) is 3.73. The number of anilines is 1. The summed E-state index contributed by atoms with van der Waals surface area (Å²) in [5.41, 5.74) is 5.44. The number of hydrogen-bond acceptors (Lipinski definition) is 4. The van der Waals surface area contributed by atoms with Crippen LogP contribution in [0.15, 0.2) is 22.3 Å². The van der Waals surface area contributed by atoms with Crippen LogP contribution in [-0.2, 0) is 0 Å². The fourth-order valence-electron chi connectivity index (χ4n) is 1.08. The number of nitrogens with two attached hydrogens (primary N) is 2. The minimum absolute atomic E-state index is 0.233. The van der Waals surface area contributed by atoms with Crippen molar-refractivity contribution < 1.29 is 0 Å². The third-order valence-electron chi connectivity index (χ3n) is 1.63. The van der Waals surface area contributed by atoms with Crippen molar-refractivity contribution in [1.82, 2.24) is 14.9 Å². The van der Waals surface area contributed by atoms with E-state index in [1.54, 1.807) is 0 Å². The number of allylic oxidation sites excluding steroid dienone is 3. The monoisotopic (exact) mass is 291 g/mol. The summed E-state index contributed by atoms with van der Waals surface area (Å²) >= 11 is -0.233. The number of aromatic nitrogens is 3. The van der Waals surface area contributed by atoms with E-state index in [0.29, 0.717) is 3.92 Å². The maximum absolute atomic E-state index is 5.60. The molecule has 0 amide bonds. The van der Waals surface area contributed by atoms with E-state index in [1.165, 1.54) is 4.79 Å². The van der Waals surface area contributed by atoms with Gasteiger partial charge in [-0.1, -0.05) is 0 Å². The summed E-state index contributed by atoms with van der Waals surface area (Å²) in [6.07, 6.45) is 6.15. The van der Waals surface area contributed by atoms with E-state index < -0.39 is 0 Å². The van der Waals surface area contributed by atoms with Gasteiger partial charge in [0.25, 0.3) is 0 Å². The van der Waals surface area contributed by atoms with E-state index in [4.69, 9.17) is 11.6 Å². The maximum atomic E-state index is 5.60. The molecule has 1 aromatic heterocycles. The van der Waals surface area contributed by atoms with E-state index in [-0.39, 0.29) is 27.2 Å². The zero-order chi connectivity index (χ0) is 9.26. The fourth-order valence-corrected chi connectivity index (χ4v) is 3.40. The number of rotatable bonds is 1. The van der Waals surface area contributed by atoms with Crippen LogP contribution in [0.2, 0.25) is 0 Å². The van der Waals surface area contributed by atoms with Gasteiger partial charge in [-0.15, -0.1) is 0 Å². The van der Waals surface area contributed by atoms with Gasteiger partial charge in [0.1, 0.15) is 0 Å². The quantitative estimate of drug-likeness (QED) is 0.446. The Kier molecular flexibility index (Phi) is 2.21. The van der Waals surface area contributed by atoms with Gasteiger partial charge in [0.15, 0.2) is 0 Å². The second kappa shape index (κ2) is 3.36. The van der Waals surface area contributed by atoms with Crippen molar-refractivity contribution in [2.45, 2.75) is 3.92 Å². The average Bonchev–Trinajstić information content (AvgIpc) is 2.47. The van der Waals surface area contributed by atoms with Crippen molar-refractivity contribution in [2.24, 2.45) is 0 Å². The number of alkyl halides is 1. The first-order valence-corrected chi connectivity index (χ1v) is 6.43.